The third-order valence-corrected chi connectivity index (χ3v) is 4.23. The van der Waals surface area contributed by atoms with E-state index in [2.05, 4.69) is 15.3 Å². The molecule has 0 unspecified atom stereocenters. The maximum atomic E-state index is 11.9. The van der Waals surface area contributed by atoms with Crippen molar-refractivity contribution in [3.63, 3.8) is 0 Å². The monoisotopic (exact) mass is 360 g/mol. The van der Waals surface area contributed by atoms with E-state index in [9.17, 15) is 9.59 Å². The fraction of sp³-hybridized carbons (Fsp3) is 0.125. The predicted molar refractivity (Wildman–Crippen MR) is 93.3 cm³/mol. The molecule has 1 amide bonds. The van der Waals surface area contributed by atoms with Crippen LogP contribution in [0.25, 0.3) is 5.65 Å². The molecule has 6 nitrogen and oxygen atoms in total. The Hall–Kier alpha value is -2.38. The highest BCUT2D eigenvalue weighted by atomic mass is 35.5. The Kier molecular flexibility index (Phi) is 5.12. The summed E-state index contributed by atoms with van der Waals surface area (Å²) in [6, 6.07) is 12.9. The van der Waals surface area contributed by atoms with Crippen LogP contribution in [-0.4, -0.2) is 26.0 Å². The second-order valence-electron chi connectivity index (χ2n) is 4.92. The smallest absolute Gasteiger partial charge is 0.351 e. The molecule has 1 N–H and O–H groups in total. The Balaban J connectivity index is 1.62. The summed E-state index contributed by atoms with van der Waals surface area (Å²) in [6.45, 7) is 0.458. The normalized spacial score (nSPS) is 10.7. The number of fused-ring (bicyclic) bond motifs is 1. The first-order valence-corrected chi connectivity index (χ1v) is 8.47. The van der Waals surface area contributed by atoms with Crippen LogP contribution in [0.5, 0.6) is 0 Å². The Bertz CT molecular complexity index is 930. The number of pyridine rings is 1. The number of hydrogen-bond donors (Lipinski definition) is 1. The topological polar surface area (TPSA) is 76.4 Å². The molecule has 3 aromatic rings. The van der Waals surface area contributed by atoms with Crippen LogP contribution >= 0.6 is 23.4 Å². The first-order valence-electron chi connectivity index (χ1n) is 7.11. The third kappa shape index (κ3) is 4.12. The van der Waals surface area contributed by atoms with Gasteiger partial charge in [-0.25, -0.2) is 14.2 Å². The van der Waals surface area contributed by atoms with E-state index in [-0.39, 0.29) is 16.8 Å². The van der Waals surface area contributed by atoms with E-state index in [1.54, 1.807) is 12.1 Å². The van der Waals surface area contributed by atoms with Gasteiger partial charge in [0.05, 0.1) is 10.8 Å². The van der Waals surface area contributed by atoms with Crippen LogP contribution in [0.3, 0.4) is 0 Å². The number of halogens is 1. The highest BCUT2D eigenvalue weighted by molar-refractivity contribution is 7.99. The van der Waals surface area contributed by atoms with Gasteiger partial charge < -0.3 is 5.32 Å². The maximum Gasteiger partial charge on any atom is 0.355 e. The molecule has 0 bridgehead atoms. The highest BCUT2D eigenvalue weighted by Gasteiger charge is 2.08. The van der Waals surface area contributed by atoms with Gasteiger partial charge in [-0.15, -0.1) is 0 Å². The largest absolute Gasteiger partial charge is 0.355 e. The zero-order chi connectivity index (χ0) is 16.9. The first-order chi connectivity index (χ1) is 11.6. The number of amides is 1. The molecule has 0 aliphatic heterocycles. The number of hydrogen-bond acceptors (Lipinski definition) is 5. The van der Waals surface area contributed by atoms with Crippen LogP contribution in [-0.2, 0) is 11.3 Å². The molecule has 0 fully saturated rings. The molecule has 24 heavy (non-hydrogen) atoms. The maximum absolute atomic E-state index is 11.9. The summed E-state index contributed by atoms with van der Waals surface area (Å²) in [6.07, 6.45) is 1.46. The SMILES string of the molecule is O=C(CSc1nc(=O)n2cc(Cl)ccc2n1)NCc1ccccc1. The van der Waals surface area contributed by atoms with Gasteiger partial charge in [0.25, 0.3) is 0 Å². The Morgan fingerprint density at radius 1 is 1.17 bits per heavy atom. The number of carbonyl (C=O) groups excluding carboxylic acids is 1. The van der Waals surface area contributed by atoms with Gasteiger partial charge >= 0.3 is 5.69 Å². The van der Waals surface area contributed by atoms with Crippen molar-refractivity contribution in [3.8, 4) is 0 Å². The number of rotatable bonds is 5. The number of aromatic nitrogens is 3. The zero-order valence-corrected chi connectivity index (χ0v) is 14.0. The minimum atomic E-state index is -0.477. The minimum Gasteiger partial charge on any atom is -0.351 e. The number of benzene rings is 1. The molecule has 0 radical (unpaired) electrons. The predicted octanol–water partition coefficient (Wildman–Crippen LogP) is 2.15. The Labute approximate surface area is 146 Å². The van der Waals surface area contributed by atoms with Crippen molar-refractivity contribution in [1.82, 2.24) is 19.7 Å². The van der Waals surface area contributed by atoms with E-state index in [0.717, 1.165) is 17.3 Å². The van der Waals surface area contributed by atoms with E-state index < -0.39 is 5.69 Å². The fourth-order valence-electron chi connectivity index (χ4n) is 2.01. The molecule has 1 aromatic carbocycles. The van der Waals surface area contributed by atoms with E-state index in [4.69, 9.17) is 11.6 Å². The second kappa shape index (κ2) is 7.46. The Morgan fingerprint density at radius 2 is 1.96 bits per heavy atom. The molecule has 0 saturated heterocycles. The number of thioether (sulfide) groups is 1. The molecule has 0 aliphatic rings. The van der Waals surface area contributed by atoms with Crippen molar-refractivity contribution in [1.29, 1.82) is 0 Å². The summed E-state index contributed by atoms with van der Waals surface area (Å²) in [5.41, 5.74) is 0.981. The van der Waals surface area contributed by atoms with Crippen molar-refractivity contribution in [2.75, 3.05) is 5.75 Å². The van der Waals surface area contributed by atoms with Crippen molar-refractivity contribution in [2.24, 2.45) is 0 Å². The van der Waals surface area contributed by atoms with Crippen molar-refractivity contribution >= 4 is 34.9 Å². The number of carbonyl (C=O) groups is 1. The molecule has 2 heterocycles. The molecule has 8 heteroatoms. The molecule has 2 aromatic heterocycles. The van der Waals surface area contributed by atoms with Gasteiger partial charge in [-0.2, -0.15) is 4.98 Å². The number of nitrogens with one attached hydrogen (secondary N) is 1. The van der Waals surface area contributed by atoms with Crippen LogP contribution in [0, 0.1) is 0 Å². The summed E-state index contributed by atoms with van der Waals surface area (Å²) in [5.74, 6) is -0.0143. The third-order valence-electron chi connectivity index (χ3n) is 3.16. The summed E-state index contributed by atoms with van der Waals surface area (Å²) < 4.78 is 1.27. The van der Waals surface area contributed by atoms with Gasteiger partial charge in [0.2, 0.25) is 5.91 Å². The molecule has 122 valence electrons. The van der Waals surface area contributed by atoms with Crippen molar-refractivity contribution in [2.45, 2.75) is 11.7 Å². The average molecular weight is 361 g/mol. The van der Waals surface area contributed by atoms with Crippen LogP contribution in [0.4, 0.5) is 0 Å². The van der Waals surface area contributed by atoms with Crippen molar-refractivity contribution in [3.05, 3.63) is 69.7 Å². The lowest BCUT2D eigenvalue weighted by Gasteiger charge is -2.05. The second-order valence-corrected chi connectivity index (χ2v) is 6.29. The quantitative estimate of drug-likeness (QED) is 0.705. The summed E-state index contributed by atoms with van der Waals surface area (Å²) in [5, 5.41) is 3.50. The average Bonchev–Trinajstić information content (AvgIpc) is 2.60. The van der Waals surface area contributed by atoms with E-state index in [1.165, 1.54) is 10.6 Å². The molecular weight excluding hydrogens is 348 g/mol. The van der Waals surface area contributed by atoms with Crippen LogP contribution in [0.2, 0.25) is 5.02 Å². The summed E-state index contributed by atoms with van der Waals surface area (Å²) >= 11 is 6.96. The van der Waals surface area contributed by atoms with Gasteiger partial charge in [-0.1, -0.05) is 53.7 Å². The molecule has 0 saturated carbocycles. The fourth-order valence-corrected chi connectivity index (χ4v) is 2.84. The molecule has 0 atom stereocenters. The van der Waals surface area contributed by atoms with E-state index in [0.29, 0.717) is 17.2 Å². The lowest BCUT2D eigenvalue weighted by atomic mass is 10.2. The van der Waals surface area contributed by atoms with Gasteiger partial charge in [0, 0.05) is 12.7 Å². The molecule has 3 rings (SSSR count). The van der Waals surface area contributed by atoms with E-state index >= 15 is 0 Å². The molecule has 0 aliphatic carbocycles. The van der Waals surface area contributed by atoms with Gasteiger partial charge in [0.1, 0.15) is 5.65 Å². The lowest BCUT2D eigenvalue weighted by Crippen LogP contribution is -2.25. The number of nitrogens with zero attached hydrogens (tertiary/aromatic N) is 3. The first kappa shape index (κ1) is 16.5. The molecule has 0 spiro atoms. The van der Waals surface area contributed by atoms with Crippen LogP contribution in [0.1, 0.15) is 5.56 Å². The standard InChI is InChI=1S/C16H13ClN4O2S/c17-12-6-7-13-19-15(20-16(23)21(13)9-12)24-10-14(22)18-8-11-4-2-1-3-5-11/h1-7,9H,8,10H2,(H,18,22). The highest BCUT2D eigenvalue weighted by Crippen LogP contribution is 2.13. The molecular formula is C16H13ClN4O2S. The van der Waals surface area contributed by atoms with Crippen LogP contribution in [0.15, 0.2) is 58.6 Å². The zero-order valence-electron chi connectivity index (χ0n) is 12.5. The van der Waals surface area contributed by atoms with E-state index in [1.807, 2.05) is 30.3 Å². The minimum absolute atomic E-state index is 0.135. The summed E-state index contributed by atoms with van der Waals surface area (Å²) in [4.78, 5) is 31.9. The summed E-state index contributed by atoms with van der Waals surface area (Å²) in [7, 11) is 0. The van der Waals surface area contributed by atoms with Crippen molar-refractivity contribution < 1.29 is 4.79 Å². The van der Waals surface area contributed by atoms with Crippen LogP contribution < -0.4 is 11.0 Å². The van der Waals surface area contributed by atoms with Gasteiger partial charge in [-0.05, 0) is 17.7 Å². The van der Waals surface area contributed by atoms with Gasteiger partial charge in [-0.3, -0.25) is 4.79 Å². The Morgan fingerprint density at radius 3 is 2.75 bits per heavy atom. The van der Waals surface area contributed by atoms with Gasteiger partial charge in [0.15, 0.2) is 5.16 Å². The lowest BCUT2D eigenvalue weighted by molar-refractivity contribution is -0.118.